The molecule has 1 amide bonds. The van der Waals surface area contributed by atoms with Crippen molar-refractivity contribution in [3.63, 3.8) is 0 Å². The molecule has 0 aromatic heterocycles. The van der Waals surface area contributed by atoms with E-state index in [0.29, 0.717) is 5.75 Å². The largest absolute Gasteiger partial charge is 0.481 e. The maximum atomic E-state index is 12.5. The van der Waals surface area contributed by atoms with Crippen molar-refractivity contribution < 1.29 is 9.53 Å². The third kappa shape index (κ3) is 4.13. The van der Waals surface area contributed by atoms with Crippen LogP contribution in [0.5, 0.6) is 5.75 Å². The highest BCUT2D eigenvalue weighted by molar-refractivity contribution is 6.32. The van der Waals surface area contributed by atoms with Crippen molar-refractivity contribution >= 4 is 17.5 Å². The van der Waals surface area contributed by atoms with Crippen LogP contribution < -0.4 is 4.74 Å². The number of hydrogen-bond acceptors (Lipinski definition) is 2. The molecule has 2 rings (SSSR count). The Hall–Kier alpha value is -1.22. The van der Waals surface area contributed by atoms with Gasteiger partial charge < -0.3 is 9.64 Å². The molecule has 0 bridgehead atoms. The monoisotopic (exact) mass is 309 g/mol. The Morgan fingerprint density at radius 2 is 1.67 bits per heavy atom. The Morgan fingerprint density at radius 1 is 1.14 bits per heavy atom. The van der Waals surface area contributed by atoms with Gasteiger partial charge in [-0.1, -0.05) is 24.4 Å². The van der Waals surface area contributed by atoms with E-state index in [-0.39, 0.29) is 5.91 Å². The molecule has 0 unspecified atom stereocenters. The van der Waals surface area contributed by atoms with Gasteiger partial charge in [0.25, 0.3) is 5.91 Å². The summed E-state index contributed by atoms with van der Waals surface area (Å²) in [5.41, 5.74) is 1.95. The topological polar surface area (TPSA) is 29.5 Å². The number of carbonyl (C=O) groups excluding carboxylic acids is 1. The lowest BCUT2D eigenvalue weighted by Crippen LogP contribution is -2.41. The van der Waals surface area contributed by atoms with E-state index in [9.17, 15) is 4.79 Å². The average Bonchev–Trinajstić information content (AvgIpc) is 2.72. The second kappa shape index (κ2) is 7.17. The molecule has 1 aromatic carbocycles. The minimum absolute atomic E-state index is 0.0853. The van der Waals surface area contributed by atoms with Gasteiger partial charge in [-0.2, -0.15) is 0 Å². The van der Waals surface area contributed by atoms with Crippen molar-refractivity contribution in [2.75, 3.05) is 13.1 Å². The first-order valence-corrected chi connectivity index (χ1v) is 8.09. The van der Waals surface area contributed by atoms with Gasteiger partial charge in [0.2, 0.25) is 0 Å². The molecular weight excluding hydrogens is 286 g/mol. The van der Waals surface area contributed by atoms with Crippen LogP contribution in [-0.2, 0) is 4.79 Å². The minimum atomic E-state index is -0.455. The van der Waals surface area contributed by atoms with Crippen molar-refractivity contribution in [2.24, 2.45) is 0 Å². The van der Waals surface area contributed by atoms with Gasteiger partial charge in [-0.05, 0) is 56.9 Å². The molecule has 1 aromatic rings. The molecule has 1 aliphatic heterocycles. The molecule has 0 radical (unpaired) electrons. The zero-order valence-corrected chi connectivity index (χ0v) is 13.9. The van der Waals surface area contributed by atoms with E-state index in [4.69, 9.17) is 16.3 Å². The van der Waals surface area contributed by atoms with Gasteiger partial charge >= 0.3 is 0 Å². The fraction of sp³-hybridized carbons (Fsp3) is 0.588. The first-order chi connectivity index (χ1) is 9.99. The Labute approximate surface area is 132 Å². The number of rotatable bonds is 3. The third-order valence-electron chi connectivity index (χ3n) is 3.99. The van der Waals surface area contributed by atoms with Gasteiger partial charge in [0.15, 0.2) is 6.10 Å². The zero-order valence-electron chi connectivity index (χ0n) is 13.1. The van der Waals surface area contributed by atoms with E-state index in [1.54, 1.807) is 0 Å². The van der Waals surface area contributed by atoms with E-state index in [0.717, 1.165) is 42.1 Å². The summed E-state index contributed by atoms with van der Waals surface area (Å²) in [5, 5.41) is 0.758. The SMILES string of the molecule is Cc1cc(O[C@@H](C)C(=O)N2CCCCCC2)cc(C)c1Cl. The van der Waals surface area contributed by atoms with Crippen molar-refractivity contribution in [1.29, 1.82) is 0 Å². The normalized spacial score (nSPS) is 17.2. The number of ether oxygens (including phenoxy) is 1. The van der Waals surface area contributed by atoms with Crippen LogP contribution in [0, 0.1) is 13.8 Å². The maximum Gasteiger partial charge on any atom is 0.263 e. The van der Waals surface area contributed by atoms with Crippen molar-refractivity contribution in [3.05, 3.63) is 28.3 Å². The number of hydrogen-bond donors (Lipinski definition) is 0. The van der Waals surface area contributed by atoms with Crippen LogP contribution in [0.2, 0.25) is 5.02 Å². The summed E-state index contributed by atoms with van der Waals surface area (Å²) in [5.74, 6) is 0.798. The minimum Gasteiger partial charge on any atom is -0.481 e. The molecule has 21 heavy (non-hydrogen) atoms. The predicted octanol–water partition coefficient (Wildman–Crippen LogP) is 4.13. The molecule has 116 valence electrons. The van der Waals surface area contributed by atoms with E-state index < -0.39 is 6.10 Å². The molecule has 1 fully saturated rings. The van der Waals surface area contributed by atoms with E-state index in [1.165, 1.54) is 12.8 Å². The summed E-state index contributed by atoms with van der Waals surface area (Å²) in [6.45, 7) is 7.43. The molecular formula is C17H24ClNO2. The standard InChI is InChI=1S/C17H24ClNO2/c1-12-10-15(11-13(2)16(12)18)21-14(3)17(20)19-8-6-4-5-7-9-19/h10-11,14H,4-9H2,1-3H3/t14-/m0/s1. The number of halogens is 1. The quantitative estimate of drug-likeness (QED) is 0.840. The van der Waals surface area contributed by atoms with Crippen molar-refractivity contribution in [1.82, 2.24) is 4.90 Å². The molecule has 0 spiro atoms. The number of carbonyl (C=O) groups is 1. The first-order valence-electron chi connectivity index (χ1n) is 7.71. The summed E-state index contributed by atoms with van der Waals surface area (Å²) < 4.78 is 5.84. The molecule has 3 nitrogen and oxygen atoms in total. The zero-order chi connectivity index (χ0) is 15.4. The molecule has 1 aliphatic rings. The van der Waals surface area contributed by atoms with Crippen LogP contribution in [0.25, 0.3) is 0 Å². The van der Waals surface area contributed by atoms with E-state index in [2.05, 4.69) is 0 Å². The second-order valence-corrected chi connectivity index (χ2v) is 6.25. The maximum absolute atomic E-state index is 12.5. The summed E-state index contributed by atoms with van der Waals surface area (Å²) in [7, 11) is 0. The average molecular weight is 310 g/mol. The highest BCUT2D eigenvalue weighted by atomic mass is 35.5. The van der Waals surface area contributed by atoms with Crippen LogP contribution in [0.15, 0.2) is 12.1 Å². The van der Waals surface area contributed by atoms with Crippen molar-refractivity contribution in [3.8, 4) is 5.75 Å². The van der Waals surface area contributed by atoms with Crippen LogP contribution in [0.1, 0.15) is 43.7 Å². The smallest absolute Gasteiger partial charge is 0.263 e. The Bertz CT molecular complexity index is 485. The molecule has 1 atom stereocenters. The number of aryl methyl sites for hydroxylation is 2. The predicted molar refractivity (Wildman–Crippen MR) is 86.1 cm³/mol. The van der Waals surface area contributed by atoms with Gasteiger partial charge in [-0.15, -0.1) is 0 Å². The van der Waals surface area contributed by atoms with Gasteiger partial charge in [0, 0.05) is 18.1 Å². The summed E-state index contributed by atoms with van der Waals surface area (Å²) in [6, 6.07) is 3.78. The fourth-order valence-electron chi connectivity index (χ4n) is 2.78. The third-order valence-corrected chi connectivity index (χ3v) is 4.58. The molecule has 0 saturated carbocycles. The van der Waals surface area contributed by atoms with Crippen LogP contribution >= 0.6 is 11.6 Å². The Balaban J connectivity index is 2.03. The summed E-state index contributed by atoms with van der Waals surface area (Å²) in [6.07, 6.45) is 4.17. The number of amides is 1. The lowest BCUT2D eigenvalue weighted by molar-refractivity contribution is -0.137. The summed E-state index contributed by atoms with van der Waals surface area (Å²) in [4.78, 5) is 14.4. The van der Waals surface area contributed by atoms with Crippen LogP contribution in [0.4, 0.5) is 0 Å². The Morgan fingerprint density at radius 3 is 2.19 bits per heavy atom. The van der Waals surface area contributed by atoms with Crippen molar-refractivity contribution in [2.45, 2.75) is 52.6 Å². The second-order valence-electron chi connectivity index (χ2n) is 5.87. The number of nitrogens with zero attached hydrogens (tertiary/aromatic N) is 1. The molecule has 1 saturated heterocycles. The molecule has 1 heterocycles. The lowest BCUT2D eigenvalue weighted by Gasteiger charge is -2.24. The van der Waals surface area contributed by atoms with Gasteiger partial charge in [0.1, 0.15) is 5.75 Å². The highest BCUT2D eigenvalue weighted by Crippen LogP contribution is 2.26. The van der Waals surface area contributed by atoms with E-state index >= 15 is 0 Å². The molecule has 0 N–H and O–H groups in total. The lowest BCUT2D eigenvalue weighted by atomic mass is 10.1. The van der Waals surface area contributed by atoms with Crippen LogP contribution in [-0.4, -0.2) is 30.0 Å². The summed E-state index contributed by atoms with van der Waals surface area (Å²) >= 11 is 6.16. The Kier molecular flexibility index (Phi) is 5.51. The number of benzene rings is 1. The highest BCUT2D eigenvalue weighted by Gasteiger charge is 2.23. The van der Waals surface area contributed by atoms with Gasteiger partial charge in [0.05, 0.1) is 0 Å². The molecule has 4 heteroatoms. The number of likely N-dealkylation sites (tertiary alicyclic amines) is 1. The van der Waals surface area contributed by atoms with E-state index in [1.807, 2.05) is 37.8 Å². The fourth-order valence-corrected chi connectivity index (χ4v) is 2.89. The first kappa shape index (κ1) is 16.2. The van der Waals surface area contributed by atoms with Gasteiger partial charge in [-0.3, -0.25) is 4.79 Å². The van der Waals surface area contributed by atoms with Crippen LogP contribution in [0.3, 0.4) is 0 Å². The molecule has 0 aliphatic carbocycles. The van der Waals surface area contributed by atoms with Gasteiger partial charge in [-0.25, -0.2) is 0 Å².